The van der Waals surface area contributed by atoms with Crippen molar-refractivity contribution in [1.82, 2.24) is 0 Å². The lowest BCUT2D eigenvalue weighted by Crippen LogP contribution is -2.28. The van der Waals surface area contributed by atoms with Gasteiger partial charge in [0.1, 0.15) is 23.7 Å². The molecule has 1 atom stereocenters. The van der Waals surface area contributed by atoms with Crippen molar-refractivity contribution in [3.8, 4) is 5.75 Å². The van der Waals surface area contributed by atoms with Crippen molar-refractivity contribution in [2.24, 2.45) is 0 Å². The SMILES string of the molecule is CC1(C)OC(CC(O)COc2ccc3ccc(=O)oc3c2)=CC1=O. The molecule has 24 heavy (non-hydrogen) atoms. The predicted molar refractivity (Wildman–Crippen MR) is 86.9 cm³/mol. The molecule has 0 saturated carbocycles. The number of fused-ring (bicyclic) bond motifs is 1. The van der Waals surface area contributed by atoms with Crippen molar-refractivity contribution >= 4 is 16.8 Å². The van der Waals surface area contributed by atoms with Gasteiger partial charge in [0.2, 0.25) is 5.78 Å². The molecule has 1 aliphatic rings. The number of ketones is 1. The first kappa shape index (κ1) is 16.3. The molecule has 0 spiro atoms. The molecule has 1 aliphatic heterocycles. The van der Waals surface area contributed by atoms with Gasteiger partial charge < -0.3 is 19.0 Å². The Kier molecular flexibility index (Phi) is 4.15. The van der Waals surface area contributed by atoms with Gasteiger partial charge in [-0.2, -0.15) is 0 Å². The molecule has 0 bridgehead atoms. The number of aliphatic hydroxyl groups excluding tert-OH is 1. The number of benzene rings is 1. The van der Waals surface area contributed by atoms with Gasteiger partial charge in [0.15, 0.2) is 5.60 Å². The van der Waals surface area contributed by atoms with Crippen molar-refractivity contribution in [2.75, 3.05) is 6.61 Å². The number of hydrogen-bond donors (Lipinski definition) is 1. The van der Waals surface area contributed by atoms with Gasteiger partial charge in [-0.15, -0.1) is 0 Å². The van der Waals surface area contributed by atoms with E-state index in [0.717, 1.165) is 5.39 Å². The summed E-state index contributed by atoms with van der Waals surface area (Å²) in [5.74, 6) is 0.814. The normalized spacial score (nSPS) is 17.5. The second-order valence-corrected chi connectivity index (χ2v) is 6.21. The number of aliphatic hydroxyl groups is 1. The summed E-state index contributed by atoms with van der Waals surface area (Å²) >= 11 is 0. The lowest BCUT2D eigenvalue weighted by atomic mass is 10.1. The first-order valence-corrected chi connectivity index (χ1v) is 7.62. The van der Waals surface area contributed by atoms with E-state index < -0.39 is 17.3 Å². The second kappa shape index (κ2) is 6.13. The van der Waals surface area contributed by atoms with Crippen molar-refractivity contribution < 1.29 is 23.8 Å². The van der Waals surface area contributed by atoms with Crippen LogP contribution >= 0.6 is 0 Å². The number of hydrogen-bond acceptors (Lipinski definition) is 6. The van der Waals surface area contributed by atoms with Gasteiger partial charge >= 0.3 is 5.63 Å². The third kappa shape index (κ3) is 3.49. The Morgan fingerprint density at radius 3 is 2.67 bits per heavy atom. The summed E-state index contributed by atoms with van der Waals surface area (Å²) in [6.07, 6.45) is 0.780. The van der Waals surface area contributed by atoms with Crippen molar-refractivity contribution in [3.63, 3.8) is 0 Å². The van der Waals surface area contributed by atoms with E-state index in [1.54, 1.807) is 38.1 Å². The molecule has 126 valence electrons. The summed E-state index contributed by atoms with van der Waals surface area (Å²) in [6, 6.07) is 8.12. The van der Waals surface area contributed by atoms with Crippen molar-refractivity contribution in [3.05, 3.63) is 52.6 Å². The Balaban J connectivity index is 1.60. The Bertz CT molecular complexity index is 861. The number of carbonyl (C=O) groups is 1. The topological polar surface area (TPSA) is 86.0 Å². The average Bonchev–Trinajstić information content (AvgIpc) is 2.77. The first-order valence-electron chi connectivity index (χ1n) is 7.62. The summed E-state index contributed by atoms with van der Waals surface area (Å²) in [5, 5.41) is 10.8. The molecule has 1 aromatic heterocycles. The van der Waals surface area contributed by atoms with Gasteiger partial charge in [0, 0.05) is 30.0 Å². The van der Waals surface area contributed by atoms with Gasteiger partial charge in [-0.05, 0) is 32.0 Å². The van der Waals surface area contributed by atoms with E-state index in [2.05, 4.69) is 0 Å². The quantitative estimate of drug-likeness (QED) is 0.846. The van der Waals surface area contributed by atoms with Gasteiger partial charge in [-0.3, -0.25) is 4.79 Å². The predicted octanol–water partition coefficient (Wildman–Crippen LogP) is 2.18. The standard InChI is InChI=1S/C18H18O6/c1-18(2)16(20)9-14(24-18)7-12(19)10-22-13-5-3-11-4-6-17(21)23-15(11)8-13/h3-6,8-9,12,19H,7,10H2,1-2H3. The van der Waals surface area contributed by atoms with Crippen LogP contribution in [-0.4, -0.2) is 29.2 Å². The van der Waals surface area contributed by atoms with E-state index >= 15 is 0 Å². The fraction of sp³-hybridized carbons (Fsp3) is 0.333. The van der Waals surface area contributed by atoms with E-state index in [9.17, 15) is 14.7 Å². The highest BCUT2D eigenvalue weighted by Crippen LogP contribution is 2.27. The summed E-state index contributed by atoms with van der Waals surface area (Å²) in [7, 11) is 0. The van der Waals surface area contributed by atoms with Gasteiger partial charge in [-0.25, -0.2) is 4.79 Å². The highest BCUT2D eigenvalue weighted by Gasteiger charge is 2.35. The van der Waals surface area contributed by atoms with Crippen LogP contribution in [0.2, 0.25) is 0 Å². The van der Waals surface area contributed by atoms with Crippen molar-refractivity contribution in [1.29, 1.82) is 0 Å². The molecule has 2 aromatic rings. The Labute approximate surface area is 138 Å². The van der Waals surface area contributed by atoms with Crippen LogP contribution in [0.15, 0.2) is 51.4 Å². The fourth-order valence-corrected chi connectivity index (χ4v) is 2.44. The molecule has 3 rings (SSSR count). The van der Waals surface area contributed by atoms with Gasteiger partial charge in [-0.1, -0.05) is 0 Å². The number of carbonyl (C=O) groups excluding carboxylic acids is 1. The van der Waals surface area contributed by atoms with E-state index in [4.69, 9.17) is 13.9 Å². The molecule has 6 nitrogen and oxygen atoms in total. The summed E-state index contributed by atoms with van der Waals surface area (Å²) in [4.78, 5) is 22.9. The molecule has 2 heterocycles. The fourth-order valence-electron chi connectivity index (χ4n) is 2.44. The summed E-state index contributed by atoms with van der Waals surface area (Å²) in [6.45, 7) is 3.40. The Morgan fingerprint density at radius 1 is 1.21 bits per heavy atom. The minimum atomic E-state index is -0.869. The molecule has 1 unspecified atom stereocenters. The Hall–Kier alpha value is -2.60. The van der Waals surface area contributed by atoms with Crippen LogP contribution in [0, 0.1) is 0 Å². The zero-order chi connectivity index (χ0) is 17.3. The molecular formula is C18H18O6. The largest absolute Gasteiger partial charge is 0.491 e. The molecule has 6 heteroatoms. The zero-order valence-corrected chi connectivity index (χ0v) is 13.4. The van der Waals surface area contributed by atoms with E-state index in [-0.39, 0.29) is 18.8 Å². The minimum absolute atomic E-state index is 0.0257. The molecule has 0 fully saturated rings. The van der Waals surface area contributed by atoms with E-state index in [1.165, 1.54) is 12.1 Å². The number of ether oxygens (including phenoxy) is 2. The van der Waals surface area contributed by atoms with Crippen LogP contribution in [0.25, 0.3) is 11.0 Å². The van der Waals surface area contributed by atoms with Crippen LogP contribution < -0.4 is 10.4 Å². The molecule has 0 aliphatic carbocycles. The smallest absolute Gasteiger partial charge is 0.336 e. The third-order valence-corrected chi connectivity index (χ3v) is 3.75. The number of rotatable bonds is 5. The third-order valence-electron chi connectivity index (χ3n) is 3.75. The van der Waals surface area contributed by atoms with Crippen LogP contribution in [-0.2, 0) is 9.53 Å². The van der Waals surface area contributed by atoms with E-state index in [0.29, 0.717) is 17.1 Å². The lowest BCUT2D eigenvalue weighted by Gasteiger charge is -2.19. The zero-order valence-electron chi connectivity index (χ0n) is 13.4. The van der Waals surface area contributed by atoms with Crippen LogP contribution in [0.1, 0.15) is 20.3 Å². The van der Waals surface area contributed by atoms with E-state index in [1.807, 2.05) is 0 Å². The first-order chi connectivity index (χ1) is 11.3. The van der Waals surface area contributed by atoms with Crippen LogP contribution in [0.3, 0.4) is 0 Å². The van der Waals surface area contributed by atoms with Gasteiger partial charge in [0.05, 0.1) is 6.10 Å². The van der Waals surface area contributed by atoms with Crippen LogP contribution in [0.4, 0.5) is 0 Å². The Morgan fingerprint density at radius 2 is 1.96 bits per heavy atom. The highest BCUT2D eigenvalue weighted by atomic mass is 16.5. The monoisotopic (exact) mass is 330 g/mol. The second-order valence-electron chi connectivity index (χ2n) is 6.21. The van der Waals surface area contributed by atoms with Crippen molar-refractivity contribution in [2.45, 2.75) is 32.0 Å². The summed E-state index contributed by atoms with van der Waals surface area (Å²) in [5.41, 5.74) is -0.882. The highest BCUT2D eigenvalue weighted by molar-refractivity contribution is 5.98. The molecule has 0 radical (unpaired) electrons. The average molecular weight is 330 g/mol. The maximum absolute atomic E-state index is 11.7. The molecule has 1 aromatic carbocycles. The molecule has 1 N–H and O–H groups in total. The molecule has 0 amide bonds. The molecule has 0 saturated heterocycles. The van der Waals surface area contributed by atoms with Crippen LogP contribution in [0.5, 0.6) is 5.75 Å². The molecular weight excluding hydrogens is 312 g/mol. The summed E-state index contributed by atoms with van der Waals surface area (Å²) < 4.78 is 16.1. The van der Waals surface area contributed by atoms with Gasteiger partial charge in [0.25, 0.3) is 0 Å². The maximum atomic E-state index is 11.7. The lowest BCUT2D eigenvalue weighted by molar-refractivity contribution is -0.127. The maximum Gasteiger partial charge on any atom is 0.336 e. The minimum Gasteiger partial charge on any atom is -0.491 e.